The molecular weight excluding hydrogens is 648 g/mol. The van der Waals surface area contributed by atoms with Crippen molar-refractivity contribution in [2.75, 3.05) is 61.9 Å². The van der Waals surface area contributed by atoms with Gasteiger partial charge in [0, 0.05) is 80.5 Å². The van der Waals surface area contributed by atoms with E-state index < -0.39 is 23.8 Å². The number of likely N-dealkylation sites (tertiary alicyclic amines) is 1. The third-order valence-corrected chi connectivity index (χ3v) is 12.2. The van der Waals surface area contributed by atoms with Crippen LogP contribution >= 0.6 is 0 Å². The largest absolute Gasteiger partial charge is 0.495 e. The molecule has 13 nitrogen and oxygen atoms in total. The summed E-state index contributed by atoms with van der Waals surface area (Å²) < 4.78 is 7.42. The molecule has 1 spiro atoms. The number of anilines is 3. The summed E-state index contributed by atoms with van der Waals surface area (Å²) >= 11 is 0. The van der Waals surface area contributed by atoms with Crippen molar-refractivity contribution in [1.29, 1.82) is 0 Å². The Balaban J connectivity index is 0.860. The molecule has 0 saturated carbocycles. The lowest BCUT2D eigenvalue weighted by atomic mass is 9.71. The van der Waals surface area contributed by atoms with Crippen LogP contribution in [0.2, 0.25) is 0 Å². The molecule has 3 aromatic rings. The molecule has 1 unspecified atom stereocenters. The molecule has 13 heteroatoms. The minimum absolute atomic E-state index is 0.107. The van der Waals surface area contributed by atoms with Crippen molar-refractivity contribution >= 4 is 40.7 Å². The van der Waals surface area contributed by atoms with Crippen molar-refractivity contribution in [3.63, 3.8) is 0 Å². The van der Waals surface area contributed by atoms with E-state index in [4.69, 9.17) is 10.5 Å². The van der Waals surface area contributed by atoms with Gasteiger partial charge in [-0.3, -0.25) is 34.1 Å². The first-order chi connectivity index (χ1) is 24.6. The summed E-state index contributed by atoms with van der Waals surface area (Å²) in [5.74, 6) is -1.19. The van der Waals surface area contributed by atoms with Gasteiger partial charge in [-0.2, -0.15) is 5.10 Å². The molecule has 4 amide bonds. The number of ether oxygens (including phenoxy) is 1. The van der Waals surface area contributed by atoms with Crippen LogP contribution in [-0.4, -0.2) is 102 Å². The van der Waals surface area contributed by atoms with Crippen LogP contribution in [-0.2, 0) is 16.6 Å². The van der Waals surface area contributed by atoms with Gasteiger partial charge >= 0.3 is 0 Å². The van der Waals surface area contributed by atoms with Crippen molar-refractivity contribution in [3.8, 4) is 16.9 Å². The maximum Gasteiger partial charge on any atom is 0.262 e. The number of aryl methyl sites for hydroxylation is 1. The molecule has 5 aliphatic heterocycles. The normalized spacial score (nSPS) is 22.9. The molecule has 6 heterocycles. The highest BCUT2D eigenvalue weighted by Crippen LogP contribution is 2.44. The number of fused-ring (bicyclic) bond motifs is 1. The second kappa shape index (κ2) is 13.0. The number of benzene rings is 2. The summed E-state index contributed by atoms with van der Waals surface area (Å²) in [6.07, 6.45) is 11.0. The molecule has 1 atom stereocenters. The molecule has 0 aliphatic carbocycles. The second-order valence-electron chi connectivity index (χ2n) is 14.9. The zero-order valence-electron chi connectivity index (χ0n) is 29.4. The molecule has 0 bridgehead atoms. The van der Waals surface area contributed by atoms with Crippen molar-refractivity contribution in [1.82, 2.24) is 24.9 Å². The monoisotopic (exact) mass is 694 g/mol. The summed E-state index contributed by atoms with van der Waals surface area (Å²) in [5.41, 5.74) is 12.2. The highest BCUT2D eigenvalue weighted by molar-refractivity contribution is 6.23. The van der Waals surface area contributed by atoms with Gasteiger partial charge in [0.25, 0.3) is 11.8 Å². The van der Waals surface area contributed by atoms with Crippen molar-refractivity contribution in [2.24, 2.45) is 12.5 Å². The van der Waals surface area contributed by atoms with Crippen molar-refractivity contribution in [3.05, 3.63) is 53.9 Å². The highest BCUT2D eigenvalue weighted by Gasteiger charge is 2.45. The fraction of sp³-hybridized carbons (Fsp3) is 0.500. The smallest absolute Gasteiger partial charge is 0.262 e. The molecule has 51 heavy (non-hydrogen) atoms. The predicted molar refractivity (Wildman–Crippen MR) is 193 cm³/mol. The highest BCUT2D eigenvalue weighted by atomic mass is 16.5. The molecule has 2 aromatic carbocycles. The van der Waals surface area contributed by atoms with E-state index in [1.165, 1.54) is 12.8 Å². The van der Waals surface area contributed by atoms with Crippen LogP contribution in [0, 0.1) is 5.41 Å². The van der Waals surface area contributed by atoms with Crippen molar-refractivity contribution < 1.29 is 23.9 Å². The fourth-order valence-corrected chi connectivity index (χ4v) is 9.05. The molecule has 8 rings (SSSR count). The van der Waals surface area contributed by atoms with Crippen molar-refractivity contribution in [2.45, 2.75) is 63.5 Å². The molecule has 3 N–H and O–H groups in total. The van der Waals surface area contributed by atoms with Gasteiger partial charge in [0.1, 0.15) is 11.8 Å². The summed E-state index contributed by atoms with van der Waals surface area (Å²) in [6, 6.07) is 9.15. The van der Waals surface area contributed by atoms with E-state index in [0.29, 0.717) is 34.0 Å². The number of rotatable bonds is 6. The van der Waals surface area contributed by atoms with Gasteiger partial charge in [-0.25, -0.2) is 0 Å². The molecule has 268 valence electrons. The number of carbonyl (C=O) groups excluding carboxylic acids is 4. The topological polar surface area (TPSA) is 146 Å². The lowest BCUT2D eigenvalue weighted by Gasteiger charge is -2.50. The Morgan fingerprint density at radius 2 is 1.55 bits per heavy atom. The van der Waals surface area contributed by atoms with Gasteiger partial charge in [-0.05, 0) is 87.7 Å². The molecule has 5 aliphatic rings. The average molecular weight is 695 g/mol. The van der Waals surface area contributed by atoms with Gasteiger partial charge in [-0.1, -0.05) is 0 Å². The zero-order valence-corrected chi connectivity index (χ0v) is 29.4. The number of aromatic nitrogens is 2. The number of nitrogen functional groups attached to an aromatic ring is 1. The van der Waals surface area contributed by atoms with E-state index in [1.807, 2.05) is 42.3 Å². The first-order valence-corrected chi connectivity index (χ1v) is 18.2. The predicted octanol–water partition coefficient (Wildman–Crippen LogP) is 3.43. The molecule has 0 radical (unpaired) electrons. The minimum atomic E-state index is -0.954. The third kappa shape index (κ3) is 6.00. The fourth-order valence-electron chi connectivity index (χ4n) is 9.05. The number of carbonyl (C=O) groups is 4. The van der Waals surface area contributed by atoms with Gasteiger partial charge in [-0.15, -0.1) is 0 Å². The number of imide groups is 2. The zero-order chi connectivity index (χ0) is 35.4. The third-order valence-electron chi connectivity index (χ3n) is 12.2. The van der Waals surface area contributed by atoms with Crippen LogP contribution in [0.3, 0.4) is 0 Å². The van der Waals surface area contributed by atoms with Crippen LogP contribution in [0.5, 0.6) is 5.75 Å². The quantitative estimate of drug-likeness (QED) is 0.291. The summed E-state index contributed by atoms with van der Waals surface area (Å²) in [4.78, 5) is 59.2. The Kier molecular flexibility index (Phi) is 8.48. The van der Waals surface area contributed by atoms with Gasteiger partial charge < -0.3 is 25.2 Å². The van der Waals surface area contributed by atoms with Gasteiger partial charge in [0.2, 0.25) is 11.8 Å². The number of methoxy groups -OCH3 is 1. The second-order valence-corrected chi connectivity index (χ2v) is 14.9. The van der Waals surface area contributed by atoms with E-state index in [1.54, 1.807) is 13.2 Å². The van der Waals surface area contributed by atoms with Crippen LogP contribution in [0.15, 0.2) is 42.7 Å². The van der Waals surface area contributed by atoms with Crippen LogP contribution in [0.25, 0.3) is 11.1 Å². The molecule has 1 aromatic heterocycles. The number of hydrogen-bond acceptors (Lipinski definition) is 10. The first kappa shape index (κ1) is 33.2. The number of hydrogen-bond donors (Lipinski definition) is 2. The average Bonchev–Trinajstić information content (AvgIpc) is 3.68. The number of nitrogens with two attached hydrogens (primary N) is 1. The van der Waals surface area contributed by atoms with Gasteiger partial charge in [0.05, 0.1) is 30.1 Å². The van der Waals surface area contributed by atoms with Crippen LogP contribution in [0.1, 0.15) is 72.1 Å². The SMILES string of the molecule is COc1cc(N2CCC(N3CCC4(CCN(c5ccc6c(c5)C(=O)N(C5CCC(=O)NC5=O)C6=O)CC4)CC3)CC2)c(-c2cnn(C)c2)cc1N. The Labute approximate surface area is 297 Å². The number of amides is 4. The summed E-state index contributed by atoms with van der Waals surface area (Å²) in [5, 5.41) is 6.65. The number of piperidine rings is 4. The lowest BCUT2D eigenvalue weighted by Crippen LogP contribution is -2.54. The molecule has 4 saturated heterocycles. The summed E-state index contributed by atoms with van der Waals surface area (Å²) in [6.45, 7) is 5.99. The molecular formula is C38H46N8O5. The Bertz CT molecular complexity index is 1880. The van der Waals surface area contributed by atoms with E-state index >= 15 is 0 Å². The van der Waals surface area contributed by atoms with E-state index in [-0.39, 0.29) is 18.7 Å². The Morgan fingerprint density at radius 1 is 0.843 bits per heavy atom. The first-order valence-electron chi connectivity index (χ1n) is 18.2. The standard InChI is InChI=1S/C38H46N8O5/c1-42-23-24(22-40-42)28-20-30(39)33(51-2)21-32(28)45-13-7-25(8-14-45)43-15-9-38(10-16-43)11-17-44(18-12-38)26-3-4-27-29(19-26)37(50)46(36(27)49)31-5-6-34(47)41-35(31)48/h3-4,19-23,25,31H,5-18,39H2,1-2H3,(H,41,47,48). The maximum absolute atomic E-state index is 13.4. The van der Waals surface area contributed by atoms with Crippen LogP contribution < -0.4 is 25.6 Å². The molecule has 4 fully saturated rings. The number of nitrogens with one attached hydrogen (secondary N) is 1. The van der Waals surface area contributed by atoms with E-state index in [9.17, 15) is 19.2 Å². The van der Waals surface area contributed by atoms with Crippen LogP contribution in [0.4, 0.5) is 17.1 Å². The lowest BCUT2D eigenvalue weighted by molar-refractivity contribution is -0.136. The maximum atomic E-state index is 13.4. The Morgan fingerprint density at radius 3 is 2.22 bits per heavy atom. The van der Waals surface area contributed by atoms with E-state index in [2.05, 4.69) is 31.2 Å². The number of nitrogens with zero attached hydrogens (tertiary/aromatic N) is 6. The van der Waals surface area contributed by atoms with Gasteiger partial charge in [0.15, 0.2) is 0 Å². The minimum Gasteiger partial charge on any atom is -0.495 e. The summed E-state index contributed by atoms with van der Waals surface area (Å²) in [7, 11) is 3.59. The van der Waals surface area contributed by atoms with E-state index in [0.717, 1.165) is 92.4 Å². The Hall–Kier alpha value is -4.91.